The van der Waals surface area contributed by atoms with Crippen LogP contribution < -0.4 is 5.32 Å². The number of aliphatic hydroxyl groups is 1. The van der Waals surface area contributed by atoms with Gasteiger partial charge in [-0.2, -0.15) is 0 Å². The van der Waals surface area contributed by atoms with Gasteiger partial charge in [0.15, 0.2) is 0 Å². The highest BCUT2D eigenvalue weighted by Crippen LogP contribution is 2.25. The molecule has 3 nitrogen and oxygen atoms in total. The highest BCUT2D eigenvalue weighted by Gasteiger charge is 2.24. The average molecular weight is 276 g/mol. The Hall–Kier alpha value is -1.68. The second-order valence-corrected chi connectivity index (χ2v) is 5.84. The Balaban J connectivity index is 2.36. The predicted molar refractivity (Wildman–Crippen MR) is 80.4 cm³/mol. The van der Waals surface area contributed by atoms with E-state index in [1.54, 1.807) is 13.0 Å². The molecule has 108 valence electrons. The molecule has 1 aromatic carbocycles. The van der Waals surface area contributed by atoms with Crippen LogP contribution in [0.5, 0.6) is 0 Å². The maximum Gasteiger partial charge on any atom is 0.124 e. The molecule has 0 saturated carbocycles. The molecular formula is C16H21FN2O. The molecule has 0 bridgehead atoms. The zero-order valence-corrected chi connectivity index (χ0v) is 12.4. The topological polar surface area (TPSA) is 45.1 Å². The van der Waals surface area contributed by atoms with Crippen LogP contribution in [0.4, 0.5) is 10.1 Å². The monoisotopic (exact) mass is 276 g/mol. The van der Waals surface area contributed by atoms with E-state index in [9.17, 15) is 9.50 Å². The minimum atomic E-state index is -0.823. The summed E-state index contributed by atoms with van der Waals surface area (Å²) in [6.07, 6.45) is 0. The average Bonchev–Trinajstić information content (AvgIpc) is 2.36. The molecule has 0 spiro atoms. The Bertz CT molecular complexity index is 623. The fraction of sp³-hybridized carbons (Fsp3) is 0.438. The highest BCUT2D eigenvalue weighted by atomic mass is 19.1. The molecule has 1 unspecified atom stereocenters. The lowest BCUT2D eigenvalue weighted by molar-refractivity contribution is 0.0266. The number of pyridine rings is 1. The van der Waals surface area contributed by atoms with E-state index in [0.717, 1.165) is 22.3 Å². The van der Waals surface area contributed by atoms with Crippen LogP contribution in [0.3, 0.4) is 0 Å². The first-order valence-electron chi connectivity index (χ1n) is 6.83. The smallest absolute Gasteiger partial charge is 0.124 e. The van der Waals surface area contributed by atoms with Gasteiger partial charge in [-0.25, -0.2) is 4.39 Å². The van der Waals surface area contributed by atoms with Crippen molar-refractivity contribution in [2.75, 3.05) is 11.9 Å². The predicted octanol–water partition coefficient (Wildman–Crippen LogP) is 3.50. The van der Waals surface area contributed by atoms with E-state index in [-0.39, 0.29) is 11.7 Å². The van der Waals surface area contributed by atoms with E-state index in [1.165, 1.54) is 12.1 Å². The van der Waals surface area contributed by atoms with E-state index < -0.39 is 5.60 Å². The molecule has 0 fully saturated rings. The number of benzene rings is 1. The van der Waals surface area contributed by atoms with E-state index >= 15 is 0 Å². The second kappa shape index (κ2) is 5.37. The quantitative estimate of drug-likeness (QED) is 0.898. The normalized spacial score (nSPS) is 14.6. The molecule has 2 N–H and O–H groups in total. The Morgan fingerprint density at radius 1 is 1.35 bits per heavy atom. The summed E-state index contributed by atoms with van der Waals surface area (Å²) in [6.45, 7) is 8.03. The van der Waals surface area contributed by atoms with Gasteiger partial charge in [0.25, 0.3) is 0 Å². The zero-order valence-electron chi connectivity index (χ0n) is 12.4. The fourth-order valence-corrected chi connectivity index (χ4v) is 1.95. The highest BCUT2D eigenvalue weighted by molar-refractivity contribution is 5.91. The number of halogens is 1. The largest absolute Gasteiger partial charge is 0.388 e. The SMILES string of the molecule is Cc1cc(NCC(C)(O)C(C)C)c2cc(F)ccc2n1. The van der Waals surface area contributed by atoms with Crippen molar-refractivity contribution in [1.29, 1.82) is 0 Å². The summed E-state index contributed by atoms with van der Waals surface area (Å²) >= 11 is 0. The molecule has 1 heterocycles. The first kappa shape index (κ1) is 14.7. The summed E-state index contributed by atoms with van der Waals surface area (Å²) in [5.41, 5.74) is 1.58. The lowest BCUT2D eigenvalue weighted by atomic mass is 9.92. The van der Waals surface area contributed by atoms with Gasteiger partial charge in [-0.05, 0) is 44.0 Å². The Morgan fingerprint density at radius 2 is 2.05 bits per heavy atom. The van der Waals surface area contributed by atoms with E-state index in [1.807, 2.05) is 26.8 Å². The van der Waals surface area contributed by atoms with Gasteiger partial charge in [0.05, 0.1) is 11.1 Å². The molecule has 0 radical (unpaired) electrons. The van der Waals surface area contributed by atoms with Crippen molar-refractivity contribution in [1.82, 2.24) is 4.98 Å². The molecule has 0 aliphatic heterocycles. The van der Waals surface area contributed by atoms with Crippen LogP contribution in [-0.4, -0.2) is 22.2 Å². The van der Waals surface area contributed by atoms with Crippen LogP contribution in [0.2, 0.25) is 0 Å². The van der Waals surface area contributed by atoms with Gasteiger partial charge in [-0.15, -0.1) is 0 Å². The third kappa shape index (κ3) is 3.07. The number of anilines is 1. The van der Waals surface area contributed by atoms with Gasteiger partial charge < -0.3 is 10.4 Å². The molecule has 0 saturated heterocycles. The van der Waals surface area contributed by atoms with E-state index in [2.05, 4.69) is 10.3 Å². The molecule has 0 aliphatic carbocycles. The number of nitrogens with one attached hydrogen (secondary N) is 1. The van der Waals surface area contributed by atoms with Crippen LogP contribution in [0.25, 0.3) is 10.9 Å². The molecule has 0 aliphatic rings. The minimum Gasteiger partial charge on any atom is -0.388 e. The maximum atomic E-state index is 13.4. The molecule has 2 aromatic rings. The van der Waals surface area contributed by atoms with Gasteiger partial charge in [-0.3, -0.25) is 4.98 Å². The van der Waals surface area contributed by atoms with Gasteiger partial charge in [-0.1, -0.05) is 13.8 Å². The van der Waals surface area contributed by atoms with Crippen molar-refractivity contribution < 1.29 is 9.50 Å². The minimum absolute atomic E-state index is 0.126. The van der Waals surface area contributed by atoms with Gasteiger partial charge in [0, 0.05) is 23.3 Å². The van der Waals surface area contributed by atoms with Crippen LogP contribution in [0.15, 0.2) is 24.3 Å². The Labute approximate surface area is 118 Å². The molecule has 1 atom stereocenters. The molecule has 4 heteroatoms. The molecule has 1 aromatic heterocycles. The Kier molecular flexibility index (Phi) is 3.95. The zero-order chi connectivity index (χ0) is 14.9. The molecule has 20 heavy (non-hydrogen) atoms. The second-order valence-electron chi connectivity index (χ2n) is 5.84. The molecule has 2 rings (SSSR count). The third-order valence-electron chi connectivity index (χ3n) is 3.78. The van der Waals surface area contributed by atoms with Crippen LogP contribution in [0, 0.1) is 18.7 Å². The van der Waals surface area contributed by atoms with Gasteiger partial charge >= 0.3 is 0 Å². The van der Waals surface area contributed by atoms with Crippen molar-refractivity contribution in [2.45, 2.75) is 33.3 Å². The number of aryl methyl sites for hydroxylation is 1. The third-order valence-corrected chi connectivity index (χ3v) is 3.78. The number of rotatable bonds is 4. The first-order valence-corrected chi connectivity index (χ1v) is 6.83. The fourth-order valence-electron chi connectivity index (χ4n) is 1.95. The molecular weight excluding hydrogens is 255 g/mol. The Morgan fingerprint density at radius 3 is 2.70 bits per heavy atom. The summed E-state index contributed by atoms with van der Waals surface area (Å²) in [5.74, 6) is -0.164. The summed E-state index contributed by atoms with van der Waals surface area (Å²) in [6, 6.07) is 6.42. The number of aromatic nitrogens is 1. The van der Waals surface area contributed by atoms with Crippen molar-refractivity contribution in [2.24, 2.45) is 5.92 Å². The van der Waals surface area contributed by atoms with Gasteiger partial charge in [0.1, 0.15) is 5.82 Å². The van der Waals surface area contributed by atoms with Crippen LogP contribution in [0.1, 0.15) is 26.5 Å². The summed E-state index contributed by atoms with van der Waals surface area (Å²) in [4.78, 5) is 4.39. The van der Waals surface area contributed by atoms with Crippen molar-refractivity contribution in [3.63, 3.8) is 0 Å². The van der Waals surface area contributed by atoms with Crippen LogP contribution in [-0.2, 0) is 0 Å². The number of nitrogens with zero attached hydrogens (tertiary/aromatic N) is 1. The molecule has 0 amide bonds. The van der Waals surface area contributed by atoms with E-state index in [4.69, 9.17) is 0 Å². The lowest BCUT2D eigenvalue weighted by Crippen LogP contribution is -2.38. The summed E-state index contributed by atoms with van der Waals surface area (Å²) in [5, 5.41) is 14.2. The maximum absolute atomic E-state index is 13.4. The first-order chi connectivity index (χ1) is 9.29. The standard InChI is InChI=1S/C16H21FN2O/c1-10(2)16(4,20)9-18-15-7-11(3)19-14-6-5-12(17)8-13(14)15/h5-8,10,20H,9H2,1-4H3,(H,18,19). The van der Waals surface area contributed by atoms with Crippen molar-refractivity contribution in [3.05, 3.63) is 35.8 Å². The lowest BCUT2D eigenvalue weighted by Gasteiger charge is -2.28. The summed E-state index contributed by atoms with van der Waals surface area (Å²) < 4.78 is 13.4. The summed E-state index contributed by atoms with van der Waals surface area (Å²) in [7, 11) is 0. The number of fused-ring (bicyclic) bond motifs is 1. The van der Waals surface area contributed by atoms with E-state index in [0.29, 0.717) is 6.54 Å². The van der Waals surface area contributed by atoms with Crippen molar-refractivity contribution >= 4 is 16.6 Å². The van der Waals surface area contributed by atoms with Gasteiger partial charge in [0.2, 0.25) is 0 Å². The van der Waals surface area contributed by atoms with Crippen molar-refractivity contribution in [3.8, 4) is 0 Å². The number of hydrogen-bond donors (Lipinski definition) is 2. The number of hydrogen-bond acceptors (Lipinski definition) is 3. The van der Waals surface area contributed by atoms with Crippen LogP contribution >= 0.6 is 0 Å².